The summed E-state index contributed by atoms with van der Waals surface area (Å²) in [5.74, 6) is -2.79. The van der Waals surface area contributed by atoms with Crippen LogP contribution >= 0.6 is 0 Å². The first-order valence-corrected chi connectivity index (χ1v) is 10.0. The number of carbonyl (C=O) groups is 3. The Kier molecular flexibility index (Phi) is 6.46. The molecule has 1 saturated heterocycles. The highest BCUT2D eigenvalue weighted by atomic mass is 19.1. The Morgan fingerprint density at radius 1 is 1.41 bits per heavy atom. The highest BCUT2D eigenvalue weighted by Crippen LogP contribution is 2.55. The maximum atomic E-state index is 13.9. The first kappa shape index (κ1) is 21.2. The Balaban J connectivity index is 1.77. The zero-order valence-corrected chi connectivity index (χ0v) is 16.5. The van der Waals surface area contributed by atoms with Crippen LogP contribution in [-0.4, -0.2) is 45.4 Å². The number of anilines is 1. The van der Waals surface area contributed by atoms with Crippen molar-refractivity contribution in [1.29, 1.82) is 0 Å². The van der Waals surface area contributed by atoms with Gasteiger partial charge in [0.2, 0.25) is 17.7 Å². The molecule has 2 aliphatic rings. The van der Waals surface area contributed by atoms with Crippen LogP contribution in [-0.2, 0) is 14.4 Å². The molecule has 1 saturated carbocycles. The normalized spacial score (nSPS) is 20.4. The van der Waals surface area contributed by atoms with Gasteiger partial charge < -0.3 is 10.2 Å². The van der Waals surface area contributed by atoms with Crippen molar-refractivity contribution in [2.24, 2.45) is 11.3 Å². The van der Waals surface area contributed by atoms with E-state index in [4.69, 9.17) is 5.21 Å². The van der Waals surface area contributed by atoms with Crippen LogP contribution in [0.3, 0.4) is 0 Å². The van der Waals surface area contributed by atoms with E-state index in [9.17, 15) is 18.8 Å². The Bertz CT molecular complexity index is 783. The zero-order chi connectivity index (χ0) is 21.0. The molecule has 1 aromatic rings. The van der Waals surface area contributed by atoms with Gasteiger partial charge in [-0.3, -0.25) is 19.6 Å². The lowest BCUT2D eigenvalue weighted by Crippen LogP contribution is -2.46. The molecule has 158 valence electrons. The van der Waals surface area contributed by atoms with Crippen molar-refractivity contribution in [1.82, 2.24) is 15.4 Å². The molecule has 1 spiro atoms. The fraction of sp³-hybridized carbons (Fsp3) is 0.600. The summed E-state index contributed by atoms with van der Waals surface area (Å²) >= 11 is 0. The number of likely N-dealkylation sites (tertiary alicyclic amines) is 1. The predicted octanol–water partition coefficient (Wildman–Crippen LogP) is 2.24. The summed E-state index contributed by atoms with van der Waals surface area (Å²) in [6.07, 6.45) is 5.75. The second-order valence-corrected chi connectivity index (χ2v) is 8.09. The molecule has 3 amide bonds. The number of unbranched alkanes of at least 4 members (excludes halogenated alkanes) is 1. The minimum atomic E-state index is -0.729. The molecule has 9 heteroatoms. The molecule has 2 fully saturated rings. The van der Waals surface area contributed by atoms with Crippen LogP contribution in [0, 0.1) is 17.2 Å². The number of hydrogen-bond donors (Lipinski definition) is 3. The van der Waals surface area contributed by atoms with Gasteiger partial charge in [-0.1, -0.05) is 19.8 Å². The first-order valence-electron chi connectivity index (χ1n) is 10.0. The van der Waals surface area contributed by atoms with Crippen LogP contribution in [0.15, 0.2) is 18.3 Å². The van der Waals surface area contributed by atoms with Gasteiger partial charge >= 0.3 is 0 Å². The van der Waals surface area contributed by atoms with Crippen molar-refractivity contribution >= 4 is 23.5 Å². The molecule has 3 rings (SSSR count). The molecular formula is C20H27FN4O4. The van der Waals surface area contributed by atoms with Crippen molar-refractivity contribution < 1.29 is 24.0 Å². The average Bonchev–Trinajstić information content (AvgIpc) is 3.36. The molecule has 29 heavy (non-hydrogen) atoms. The monoisotopic (exact) mass is 406 g/mol. The molecule has 2 atom stereocenters. The molecule has 2 heterocycles. The van der Waals surface area contributed by atoms with Crippen LogP contribution in [0.25, 0.3) is 0 Å². The third kappa shape index (κ3) is 4.90. The Morgan fingerprint density at radius 3 is 2.79 bits per heavy atom. The molecule has 0 aromatic carbocycles. The Hall–Kier alpha value is -2.55. The number of nitrogens with one attached hydrogen (secondary N) is 2. The van der Waals surface area contributed by atoms with Crippen molar-refractivity contribution in [3.63, 3.8) is 0 Å². The molecule has 0 bridgehead atoms. The van der Waals surface area contributed by atoms with Gasteiger partial charge in [-0.2, -0.15) is 0 Å². The zero-order valence-electron chi connectivity index (χ0n) is 16.5. The van der Waals surface area contributed by atoms with E-state index >= 15 is 0 Å². The fourth-order valence-electron chi connectivity index (χ4n) is 4.01. The summed E-state index contributed by atoms with van der Waals surface area (Å²) in [7, 11) is 0. The van der Waals surface area contributed by atoms with Gasteiger partial charge in [0.1, 0.15) is 6.04 Å². The van der Waals surface area contributed by atoms with Gasteiger partial charge in [-0.05, 0) is 43.2 Å². The van der Waals surface area contributed by atoms with E-state index in [-0.39, 0.29) is 23.6 Å². The lowest BCUT2D eigenvalue weighted by Gasteiger charge is -2.28. The van der Waals surface area contributed by atoms with Crippen LogP contribution < -0.4 is 10.8 Å². The average molecular weight is 406 g/mol. The largest absolute Gasteiger partial charge is 0.330 e. The van der Waals surface area contributed by atoms with E-state index in [2.05, 4.69) is 10.3 Å². The van der Waals surface area contributed by atoms with E-state index in [1.54, 1.807) is 5.48 Å². The Morgan fingerprint density at radius 2 is 2.17 bits per heavy atom. The summed E-state index contributed by atoms with van der Waals surface area (Å²) in [5.41, 5.74) is 1.52. The summed E-state index contributed by atoms with van der Waals surface area (Å²) in [4.78, 5) is 43.2. The lowest BCUT2D eigenvalue weighted by molar-refractivity contribution is -0.143. The fourth-order valence-corrected chi connectivity index (χ4v) is 4.01. The smallest absolute Gasteiger partial charge is 0.248 e. The van der Waals surface area contributed by atoms with Gasteiger partial charge in [-0.25, -0.2) is 14.9 Å². The number of aromatic nitrogens is 1. The molecule has 1 aliphatic heterocycles. The maximum Gasteiger partial charge on any atom is 0.248 e. The number of nitrogens with zero attached hydrogens (tertiary/aromatic N) is 2. The molecule has 8 nitrogen and oxygen atoms in total. The van der Waals surface area contributed by atoms with E-state index in [1.165, 1.54) is 23.2 Å². The second kappa shape index (κ2) is 8.86. The molecule has 1 aromatic heterocycles. The second-order valence-electron chi connectivity index (χ2n) is 8.09. The number of hydroxylamine groups is 1. The van der Waals surface area contributed by atoms with Crippen LogP contribution in [0.5, 0.6) is 0 Å². The quantitative estimate of drug-likeness (QED) is 0.453. The van der Waals surface area contributed by atoms with Gasteiger partial charge in [-0.15, -0.1) is 0 Å². The summed E-state index contributed by atoms with van der Waals surface area (Å²) in [6.45, 7) is 2.44. The molecule has 3 N–H and O–H groups in total. The van der Waals surface area contributed by atoms with Crippen LogP contribution in [0.2, 0.25) is 0 Å². The van der Waals surface area contributed by atoms with E-state index in [0.29, 0.717) is 19.4 Å². The summed E-state index contributed by atoms with van der Waals surface area (Å²) < 4.78 is 13.9. The number of pyridine rings is 1. The van der Waals surface area contributed by atoms with Gasteiger partial charge in [0.05, 0.1) is 0 Å². The highest BCUT2D eigenvalue weighted by molar-refractivity contribution is 5.98. The topological polar surface area (TPSA) is 112 Å². The Labute approximate surface area is 168 Å². The molecule has 0 radical (unpaired) electrons. The van der Waals surface area contributed by atoms with Crippen molar-refractivity contribution in [3.05, 3.63) is 24.1 Å². The number of halogens is 1. The van der Waals surface area contributed by atoms with Crippen LogP contribution in [0.1, 0.15) is 51.9 Å². The molecule has 1 unspecified atom stereocenters. The van der Waals surface area contributed by atoms with E-state index in [0.717, 1.165) is 25.7 Å². The van der Waals surface area contributed by atoms with E-state index < -0.39 is 29.6 Å². The first-order chi connectivity index (χ1) is 13.9. The third-order valence-corrected chi connectivity index (χ3v) is 5.86. The van der Waals surface area contributed by atoms with Gasteiger partial charge in [0, 0.05) is 25.1 Å². The number of rotatable bonds is 8. The molecular weight excluding hydrogens is 379 g/mol. The maximum absolute atomic E-state index is 13.9. The minimum absolute atomic E-state index is 0.0606. The number of carbonyl (C=O) groups excluding carboxylic acids is 3. The summed E-state index contributed by atoms with van der Waals surface area (Å²) in [6, 6.07) is 1.91. The van der Waals surface area contributed by atoms with Crippen molar-refractivity contribution in [2.75, 3.05) is 11.9 Å². The SMILES string of the molecule is CCCCC(CC(=O)NO)C(=O)N1CC2(CC2)C[C@H]1C(=O)Nc1ncccc1F. The molecule has 1 aliphatic carbocycles. The van der Waals surface area contributed by atoms with Crippen molar-refractivity contribution in [3.8, 4) is 0 Å². The third-order valence-electron chi connectivity index (χ3n) is 5.86. The van der Waals surface area contributed by atoms with Crippen molar-refractivity contribution in [2.45, 2.75) is 57.9 Å². The standard InChI is InChI=1S/C20H27FN4O4/c1-2-3-5-13(10-16(26)24-29)19(28)25-12-20(7-8-20)11-15(25)18(27)23-17-14(21)6-4-9-22-17/h4,6,9,13,15,29H,2-3,5,7-8,10-12H2,1H3,(H,24,26)(H,22,23,27)/t13?,15-/m0/s1. The minimum Gasteiger partial charge on any atom is -0.330 e. The van der Waals surface area contributed by atoms with Crippen LogP contribution in [0.4, 0.5) is 10.2 Å². The van der Waals surface area contributed by atoms with Gasteiger partial charge in [0.25, 0.3) is 0 Å². The van der Waals surface area contributed by atoms with E-state index in [1.807, 2.05) is 6.92 Å². The highest BCUT2D eigenvalue weighted by Gasteiger charge is 2.55. The predicted molar refractivity (Wildman–Crippen MR) is 102 cm³/mol. The lowest BCUT2D eigenvalue weighted by atomic mass is 9.96. The number of hydrogen-bond acceptors (Lipinski definition) is 5. The number of amides is 3. The van der Waals surface area contributed by atoms with Gasteiger partial charge in [0.15, 0.2) is 11.6 Å². The summed E-state index contributed by atoms with van der Waals surface area (Å²) in [5, 5.41) is 11.3.